The molecule has 0 spiro atoms. The number of rotatable bonds is 7. The van der Waals surface area contributed by atoms with Gasteiger partial charge in [0.1, 0.15) is 5.65 Å². The van der Waals surface area contributed by atoms with Crippen molar-refractivity contribution < 1.29 is 14.3 Å². The van der Waals surface area contributed by atoms with Gasteiger partial charge in [-0.05, 0) is 48.4 Å². The summed E-state index contributed by atoms with van der Waals surface area (Å²) in [6.07, 6.45) is 5.70. The Morgan fingerprint density at radius 1 is 1.08 bits per heavy atom. The average Bonchev–Trinajstić information content (AvgIpc) is 3.18. The van der Waals surface area contributed by atoms with Crippen LogP contribution in [0.3, 0.4) is 0 Å². The summed E-state index contributed by atoms with van der Waals surface area (Å²) in [6, 6.07) is 20.7. The smallest absolute Gasteiger partial charge is 0.356 e. The van der Waals surface area contributed by atoms with E-state index in [4.69, 9.17) is 4.74 Å². The van der Waals surface area contributed by atoms with E-state index in [1.165, 1.54) is 18.2 Å². The van der Waals surface area contributed by atoms with Crippen molar-refractivity contribution in [2.24, 2.45) is 7.05 Å². The Balaban J connectivity index is 1.41. The molecule has 0 fully saturated rings. The van der Waals surface area contributed by atoms with Gasteiger partial charge in [0.25, 0.3) is 0 Å². The van der Waals surface area contributed by atoms with E-state index in [0.29, 0.717) is 29.6 Å². The minimum absolute atomic E-state index is 0.168. The third-order valence-corrected chi connectivity index (χ3v) is 6.87. The molecule has 2 aromatic carbocycles. The lowest BCUT2D eigenvalue weighted by atomic mass is 9.88. The second-order valence-electron chi connectivity index (χ2n) is 9.26. The summed E-state index contributed by atoms with van der Waals surface area (Å²) in [4.78, 5) is 30.2. The van der Waals surface area contributed by atoms with Crippen molar-refractivity contribution in [3.05, 3.63) is 89.2 Å². The number of aromatic nitrogens is 2. The highest BCUT2D eigenvalue weighted by Crippen LogP contribution is 2.33. The van der Waals surface area contributed by atoms with Crippen molar-refractivity contribution in [2.75, 3.05) is 17.7 Å². The van der Waals surface area contributed by atoms with Crippen molar-refractivity contribution in [3.63, 3.8) is 0 Å². The second-order valence-corrected chi connectivity index (χ2v) is 9.26. The molecular weight excluding hydrogens is 452 g/mol. The number of esters is 1. The lowest BCUT2D eigenvalue weighted by Gasteiger charge is -2.26. The number of nitrogens with zero attached hydrogens (tertiary/aromatic N) is 2. The van der Waals surface area contributed by atoms with E-state index in [1.54, 1.807) is 17.8 Å². The molecule has 184 valence electrons. The molecule has 0 aliphatic heterocycles. The summed E-state index contributed by atoms with van der Waals surface area (Å²) in [6.45, 7) is 0. The Morgan fingerprint density at radius 3 is 2.61 bits per heavy atom. The van der Waals surface area contributed by atoms with Gasteiger partial charge in [-0.15, -0.1) is 0 Å². The van der Waals surface area contributed by atoms with Gasteiger partial charge in [0.15, 0.2) is 5.69 Å². The van der Waals surface area contributed by atoms with Gasteiger partial charge in [-0.1, -0.05) is 54.6 Å². The number of hydrogen-bond donors (Lipinski definition) is 2. The summed E-state index contributed by atoms with van der Waals surface area (Å²) in [5.74, 6) is -0.689. The predicted octanol–water partition coefficient (Wildman–Crippen LogP) is 4.90. The number of carbonyl (C=O) groups excluding carboxylic acids is 2. The van der Waals surface area contributed by atoms with E-state index in [-0.39, 0.29) is 17.6 Å². The van der Waals surface area contributed by atoms with E-state index in [1.807, 2.05) is 36.4 Å². The van der Waals surface area contributed by atoms with Gasteiger partial charge in [-0.2, -0.15) is 0 Å². The van der Waals surface area contributed by atoms with E-state index in [2.05, 4.69) is 39.9 Å². The van der Waals surface area contributed by atoms with Gasteiger partial charge in [0.2, 0.25) is 5.91 Å². The maximum absolute atomic E-state index is 12.9. The molecule has 1 aliphatic carbocycles. The van der Waals surface area contributed by atoms with Gasteiger partial charge in [0, 0.05) is 24.9 Å². The second kappa shape index (κ2) is 10.2. The molecule has 2 heterocycles. The summed E-state index contributed by atoms with van der Waals surface area (Å²) >= 11 is 0. The number of anilines is 2. The van der Waals surface area contributed by atoms with Crippen LogP contribution < -0.4 is 10.6 Å². The lowest BCUT2D eigenvalue weighted by molar-refractivity contribution is -0.116. The highest BCUT2D eigenvalue weighted by molar-refractivity contribution is 6.11. The third-order valence-electron chi connectivity index (χ3n) is 6.87. The quantitative estimate of drug-likeness (QED) is 0.366. The number of aryl methyl sites for hydroxylation is 3. The summed E-state index contributed by atoms with van der Waals surface area (Å²) in [5, 5.41) is 7.29. The van der Waals surface area contributed by atoms with Crippen molar-refractivity contribution in [1.82, 2.24) is 9.55 Å². The van der Waals surface area contributed by atoms with Crippen molar-refractivity contribution in [3.8, 4) is 0 Å². The van der Waals surface area contributed by atoms with Crippen LogP contribution in [0, 0.1) is 0 Å². The van der Waals surface area contributed by atoms with Gasteiger partial charge in [-0.3, -0.25) is 4.79 Å². The van der Waals surface area contributed by atoms with E-state index in [0.717, 1.165) is 30.5 Å². The first-order valence-corrected chi connectivity index (χ1v) is 12.3. The zero-order valence-electron chi connectivity index (χ0n) is 20.6. The number of nitrogens with one attached hydrogen (secondary N) is 2. The van der Waals surface area contributed by atoms with Crippen LogP contribution in [-0.2, 0) is 35.8 Å². The van der Waals surface area contributed by atoms with Crippen molar-refractivity contribution >= 4 is 34.3 Å². The topological polar surface area (TPSA) is 85.2 Å². The molecule has 4 aromatic rings. The zero-order chi connectivity index (χ0) is 25.1. The van der Waals surface area contributed by atoms with Crippen molar-refractivity contribution in [1.29, 1.82) is 0 Å². The minimum Gasteiger partial charge on any atom is -0.464 e. The fourth-order valence-electron chi connectivity index (χ4n) is 5.01. The number of benzene rings is 2. The molecule has 1 amide bonds. The van der Waals surface area contributed by atoms with Crippen LogP contribution in [0.25, 0.3) is 11.0 Å². The number of amides is 1. The minimum atomic E-state index is -0.521. The number of carbonyl (C=O) groups is 2. The molecule has 36 heavy (non-hydrogen) atoms. The largest absolute Gasteiger partial charge is 0.464 e. The lowest BCUT2D eigenvalue weighted by Crippen LogP contribution is -2.27. The Morgan fingerprint density at radius 2 is 1.83 bits per heavy atom. The summed E-state index contributed by atoms with van der Waals surface area (Å²) < 4.78 is 6.70. The monoisotopic (exact) mass is 482 g/mol. The van der Waals surface area contributed by atoms with Crippen LogP contribution in [0.15, 0.2) is 66.9 Å². The van der Waals surface area contributed by atoms with Gasteiger partial charge in [0.05, 0.1) is 24.7 Å². The van der Waals surface area contributed by atoms with E-state index < -0.39 is 5.97 Å². The molecule has 2 N–H and O–H groups in total. The number of hydrogen-bond acceptors (Lipinski definition) is 5. The van der Waals surface area contributed by atoms with Crippen LogP contribution in [0.5, 0.6) is 0 Å². The molecule has 1 atom stereocenters. The number of ether oxygens (including phenoxy) is 1. The average molecular weight is 483 g/mol. The van der Waals surface area contributed by atoms with Gasteiger partial charge >= 0.3 is 5.97 Å². The SMILES string of the molecule is COC(=O)c1c(NC(=O)CCc2ccccc2)c2cc(NC3CCc4ccccc4C3)cnc2n1C. The maximum Gasteiger partial charge on any atom is 0.356 e. The molecule has 0 saturated carbocycles. The Hall–Kier alpha value is -4.13. The highest BCUT2D eigenvalue weighted by Gasteiger charge is 2.25. The van der Waals surface area contributed by atoms with Crippen LogP contribution in [-0.4, -0.2) is 34.6 Å². The van der Waals surface area contributed by atoms with Crippen LogP contribution >= 0.6 is 0 Å². The zero-order valence-corrected chi connectivity index (χ0v) is 20.6. The van der Waals surface area contributed by atoms with Gasteiger partial charge < -0.3 is 19.9 Å². The highest BCUT2D eigenvalue weighted by atomic mass is 16.5. The number of pyridine rings is 1. The van der Waals surface area contributed by atoms with Crippen LogP contribution in [0.2, 0.25) is 0 Å². The van der Waals surface area contributed by atoms with E-state index in [9.17, 15) is 9.59 Å². The van der Waals surface area contributed by atoms with Crippen LogP contribution in [0.1, 0.15) is 40.0 Å². The number of methoxy groups -OCH3 is 1. The summed E-state index contributed by atoms with van der Waals surface area (Å²) in [5.41, 5.74) is 6.03. The molecule has 0 saturated heterocycles. The fraction of sp³-hybridized carbons (Fsp3) is 0.276. The molecule has 0 bridgehead atoms. The molecule has 0 radical (unpaired) electrons. The molecule has 7 nitrogen and oxygen atoms in total. The first kappa shape index (κ1) is 23.6. The fourth-order valence-corrected chi connectivity index (χ4v) is 5.01. The maximum atomic E-state index is 12.9. The standard InChI is InChI=1S/C29H30N4O3/c1-33-27(29(35)36-2)26(32-25(34)15-12-19-8-4-3-5-9-19)24-17-23(18-30-28(24)33)31-22-14-13-20-10-6-7-11-21(20)16-22/h3-11,17-18,22,31H,12-16H2,1-2H3,(H,32,34). The molecule has 7 heteroatoms. The normalized spacial score (nSPS) is 14.8. The Kier molecular flexibility index (Phi) is 6.71. The van der Waals surface area contributed by atoms with E-state index >= 15 is 0 Å². The molecular formula is C29H30N4O3. The first-order valence-electron chi connectivity index (χ1n) is 12.3. The summed E-state index contributed by atoms with van der Waals surface area (Å²) in [7, 11) is 3.09. The van der Waals surface area contributed by atoms with Gasteiger partial charge in [-0.25, -0.2) is 9.78 Å². The molecule has 1 aliphatic rings. The molecule has 2 aromatic heterocycles. The Labute approximate surface area is 210 Å². The Bertz CT molecular complexity index is 1410. The van der Waals surface area contributed by atoms with Crippen LogP contribution in [0.4, 0.5) is 11.4 Å². The number of fused-ring (bicyclic) bond motifs is 2. The third kappa shape index (κ3) is 4.82. The molecule has 1 unspecified atom stereocenters. The van der Waals surface area contributed by atoms with Crippen molar-refractivity contribution in [2.45, 2.75) is 38.1 Å². The predicted molar refractivity (Wildman–Crippen MR) is 141 cm³/mol. The first-order chi connectivity index (χ1) is 17.5. The molecule has 5 rings (SSSR count).